The number of esters is 1. The van der Waals surface area contributed by atoms with Gasteiger partial charge < -0.3 is 14.2 Å². The molecule has 5 nitrogen and oxygen atoms in total. The molecule has 0 saturated carbocycles. The third kappa shape index (κ3) is 6.12. The Hall–Kier alpha value is -2.53. The van der Waals surface area contributed by atoms with E-state index >= 15 is 0 Å². The lowest BCUT2D eigenvalue weighted by atomic mass is 10.2. The van der Waals surface area contributed by atoms with Crippen molar-refractivity contribution < 1.29 is 19.0 Å². The summed E-state index contributed by atoms with van der Waals surface area (Å²) in [5.41, 5.74) is 1.62. The fraction of sp³-hybridized carbons (Fsp3) is 0.263. The summed E-state index contributed by atoms with van der Waals surface area (Å²) in [5, 5.41) is 0.509. The third-order valence-electron chi connectivity index (χ3n) is 3.10. The zero-order valence-electron chi connectivity index (χ0n) is 14.4. The van der Waals surface area contributed by atoms with E-state index in [1.165, 1.54) is 0 Å². The number of carbonyl (C=O) groups is 1. The van der Waals surface area contributed by atoms with Crippen LogP contribution in [-0.2, 0) is 9.53 Å². The molecule has 2 aromatic rings. The molecule has 0 heterocycles. The van der Waals surface area contributed by atoms with Gasteiger partial charge in [0.1, 0.15) is 11.5 Å². The molecule has 0 bridgehead atoms. The zero-order valence-corrected chi connectivity index (χ0v) is 15.1. The van der Waals surface area contributed by atoms with E-state index in [4.69, 9.17) is 25.8 Å². The lowest BCUT2D eigenvalue weighted by Gasteiger charge is -2.09. The van der Waals surface area contributed by atoms with Gasteiger partial charge in [0.15, 0.2) is 6.61 Å². The van der Waals surface area contributed by atoms with Gasteiger partial charge in [0.2, 0.25) is 0 Å². The van der Waals surface area contributed by atoms with Crippen molar-refractivity contribution in [1.29, 1.82) is 0 Å². The van der Waals surface area contributed by atoms with Gasteiger partial charge in [-0.25, -0.2) is 4.79 Å². The van der Waals surface area contributed by atoms with Crippen LogP contribution in [-0.4, -0.2) is 32.0 Å². The molecular weight excluding hydrogens is 342 g/mol. The largest absolute Gasteiger partial charge is 0.495 e. The second-order valence-corrected chi connectivity index (χ2v) is 5.88. The Morgan fingerprint density at radius 2 is 1.92 bits per heavy atom. The summed E-state index contributed by atoms with van der Waals surface area (Å²) < 4.78 is 15.5. The second kappa shape index (κ2) is 9.08. The molecule has 0 saturated heterocycles. The van der Waals surface area contributed by atoms with Gasteiger partial charge >= 0.3 is 5.97 Å². The standard InChI is InChI=1S/C19H20ClNO4/c1-13(2)25-19(22)12-24-16-7-4-14(5-8-16)11-21-15-6-9-18(23-3)17(20)10-15/h4-11,13H,12H2,1-3H3. The van der Waals surface area contributed by atoms with Gasteiger partial charge in [-0.2, -0.15) is 0 Å². The first-order valence-electron chi connectivity index (χ1n) is 7.78. The van der Waals surface area contributed by atoms with Gasteiger partial charge in [-0.3, -0.25) is 4.99 Å². The molecule has 2 rings (SSSR count). The number of aliphatic imine (C=N–C) groups is 1. The van der Waals surface area contributed by atoms with Crippen LogP contribution >= 0.6 is 11.6 Å². The van der Waals surface area contributed by atoms with E-state index in [2.05, 4.69) is 4.99 Å². The van der Waals surface area contributed by atoms with E-state index in [1.54, 1.807) is 51.4 Å². The highest BCUT2D eigenvalue weighted by Crippen LogP contribution is 2.28. The van der Waals surface area contributed by atoms with Gasteiger partial charge in [-0.1, -0.05) is 11.6 Å². The summed E-state index contributed by atoms with van der Waals surface area (Å²) in [6.07, 6.45) is 1.57. The van der Waals surface area contributed by atoms with Crippen LogP contribution in [0.15, 0.2) is 47.5 Å². The molecule has 6 heteroatoms. The minimum absolute atomic E-state index is 0.115. The van der Waals surface area contributed by atoms with Crippen LogP contribution in [0, 0.1) is 0 Å². The van der Waals surface area contributed by atoms with E-state index in [1.807, 2.05) is 18.2 Å². The number of carbonyl (C=O) groups excluding carboxylic acids is 1. The Labute approximate surface area is 152 Å². The van der Waals surface area contributed by atoms with E-state index in [-0.39, 0.29) is 12.7 Å². The van der Waals surface area contributed by atoms with E-state index in [0.29, 0.717) is 16.5 Å². The van der Waals surface area contributed by atoms with Crippen LogP contribution in [0.3, 0.4) is 0 Å². The molecule has 0 aliphatic rings. The second-order valence-electron chi connectivity index (χ2n) is 5.47. The third-order valence-corrected chi connectivity index (χ3v) is 3.40. The maximum atomic E-state index is 11.4. The lowest BCUT2D eigenvalue weighted by molar-refractivity contribution is -0.149. The average Bonchev–Trinajstić information content (AvgIpc) is 2.58. The highest BCUT2D eigenvalue weighted by atomic mass is 35.5. The molecule has 0 aliphatic heterocycles. The van der Waals surface area contributed by atoms with E-state index in [9.17, 15) is 4.79 Å². The predicted molar refractivity (Wildman–Crippen MR) is 98.4 cm³/mol. The Balaban J connectivity index is 1.93. The molecule has 0 radical (unpaired) electrons. The first-order valence-corrected chi connectivity index (χ1v) is 8.15. The minimum Gasteiger partial charge on any atom is -0.495 e. The van der Waals surface area contributed by atoms with Crippen LogP contribution in [0.4, 0.5) is 5.69 Å². The van der Waals surface area contributed by atoms with Crippen molar-refractivity contribution in [2.75, 3.05) is 13.7 Å². The molecule has 0 atom stereocenters. The SMILES string of the molecule is COc1ccc(N=Cc2ccc(OCC(=O)OC(C)C)cc2)cc1Cl. The molecule has 2 aromatic carbocycles. The monoisotopic (exact) mass is 361 g/mol. The lowest BCUT2D eigenvalue weighted by Crippen LogP contribution is -2.18. The molecule has 25 heavy (non-hydrogen) atoms. The van der Waals surface area contributed by atoms with Gasteiger partial charge in [0, 0.05) is 6.21 Å². The number of ether oxygens (including phenoxy) is 3. The molecular formula is C19H20ClNO4. The molecule has 0 fully saturated rings. The number of methoxy groups -OCH3 is 1. The van der Waals surface area contributed by atoms with Crippen molar-refractivity contribution in [3.63, 3.8) is 0 Å². The molecule has 132 valence electrons. The fourth-order valence-corrected chi connectivity index (χ4v) is 2.23. The van der Waals surface area contributed by atoms with E-state index < -0.39 is 5.97 Å². The Morgan fingerprint density at radius 1 is 1.20 bits per heavy atom. The Morgan fingerprint density at radius 3 is 2.52 bits per heavy atom. The van der Waals surface area contributed by atoms with Gasteiger partial charge in [-0.05, 0) is 61.9 Å². The number of hydrogen-bond donors (Lipinski definition) is 0. The van der Waals surface area contributed by atoms with E-state index in [0.717, 1.165) is 11.3 Å². The maximum absolute atomic E-state index is 11.4. The van der Waals surface area contributed by atoms with Crippen molar-refractivity contribution in [1.82, 2.24) is 0 Å². The molecule has 0 unspecified atom stereocenters. The Kier molecular flexibility index (Phi) is 6.83. The van der Waals surface area contributed by atoms with Crippen LogP contribution in [0.25, 0.3) is 0 Å². The summed E-state index contributed by atoms with van der Waals surface area (Å²) in [4.78, 5) is 15.8. The number of rotatable bonds is 7. The summed E-state index contributed by atoms with van der Waals surface area (Å²) in [7, 11) is 1.57. The smallest absolute Gasteiger partial charge is 0.344 e. The average molecular weight is 362 g/mol. The fourth-order valence-electron chi connectivity index (χ4n) is 1.97. The van der Waals surface area contributed by atoms with Gasteiger partial charge in [0.25, 0.3) is 0 Å². The maximum Gasteiger partial charge on any atom is 0.344 e. The van der Waals surface area contributed by atoms with Crippen LogP contribution in [0.5, 0.6) is 11.5 Å². The molecule has 0 N–H and O–H groups in total. The quantitative estimate of drug-likeness (QED) is 0.540. The van der Waals surface area contributed by atoms with Crippen molar-refractivity contribution >= 4 is 29.5 Å². The predicted octanol–water partition coefficient (Wildman–Crippen LogP) is 4.43. The summed E-state index contributed by atoms with van der Waals surface area (Å²) in [6.45, 7) is 3.47. The summed E-state index contributed by atoms with van der Waals surface area (Å²) >= 11 is 6.07. The van der Waals surface area contributed by atoms with Gasteiger partial charge in [-0.15, -0.1) is 0 Å². The van der Waals surface area contributed by atoms with Crippen molar-refractivity contribution in [2.45, 2.75) is 20.0 Å². The number of benzene rings is 2. The minimum atomic E-state index is -0.392. The van der Waals surface area contributed by atoms with Crippen molar-refractivity contribution in [3.05, 3.63) is 53.1 Å². The molecule has 0 spiro atoms. The molecule has 0 aliphatic carbocycles. The van der Waals surface area contributed by atoms with Crippen LogP contribution in [0.1, 0.15) is 19.4 Å². The van der Waals surface area contributed by atoms with Crippen molar-refractivity contribution in [2.24, 2.45) is 4.99 Å². The van der Waals surface area contributed by atoms with Crippen LogP contribution in [0.2, 0.25) is 5.02 Å². The summed E-state index contributed by atoms with van der Waals surface area (Å²) in [5.74, 6) is 0.806. The molecule has 0 amide bonds. The Bertz CT molecular complexity index is 742. The molecule has 0 aromatic heterocycles. The first kappa shape index (κ1) is 18.8. The number of hydrogen-bond acceptors (Lipinski definition) is 5. The van der Waals surface area contributed by atoms with Crippen molar-refractivity contribution in [3.8, 4) is 11.5 Å². The summed E-state index contributed by atoms with van der Waals surface area (Å²) in [6, 6.07) is 12.5. The zero-order chi connectivity index (χ0) is 18.2. The highest BCUT2D eigenvalue weighted by molar-refractivity contribution is 6.32. The van der Waals surface area contributed by atoms with Gasteiger partial charge in [0.05, 0.1) is 23.9 Å². The first-order chi connectivity index (χ1) is 12.0. The number of nitrogens with zero attached hydrogens (tertiary/aromatic N) is 1. The topological polar surface area (TPSA) is 57.1 Å². The van der Waals surface area contributed by atoms with Crippen LogP contribution < -0.4 is 9.47 Å². The number of halogens is 1. The highest BCUT2D eigenvalue weighted by Gasteiger charge is 2.06. The normalized spacial score (nSPS) is 10.9.